The molecule has 86 valence electrons. The van der Waals surface area contributed by atoms with Crippen molar-refractivity contribution < 1.29 is 0 Å². The van der Waals surface area contributed by atoms with E-state index in [1.165, 1.54) is 44.1 Å². The van der Waals surface area contributed by atoms with E-state index in [-0.39, 0.29) is 0 Å². The molecule has 15 heavy (non-hydrogen) atoms. The standard InChI is InChI=1S/C15H26/c1-11(2)14-10-6-9-13-8-5-7-12(3)15(13,14)4/h12-14H,1,5-10H2,2-4H3/t12-,13-,14+,15+/m1/s1. The van der Waals surface area contributed by atoms with Gasteiger partial charge in [0.2, 0.25) is 0 Å². The Kier molecular flexibility index (Phi) is 2.96. The fourth-order valence-electron chi connectivity index (χ4n) is 4.43. The summed E-state index contributed by atoms with van der Waals surface area (Å²) < 4.78 is 0. The van der Waals surface area contributed by atoms with Crippen LogP contribution in [0.5, 0.6) is 0 Å². The lowest BCUT2D eigenvalue weighted by Crippen LogP contribution is -2.46. The molecule has 0 nitrogen and oxygen atoms in total. The SMILES string of the molecule is C=C(C)[C@@H]1CCC[C@H]2CCC[C@@H](C)[C@@]21C. The van der Waals surface area contributed by atoms with E-state index in [9.17, 15) is 0 Å². The predicted octanol–water partition coefficient (Wildman–Crippen LogP) is 4.81. The second kappa shape index (κ2) is 3.96. The predicted molar refractivity (Wildman–Crippen MR) is 66.8 cm³/mol. The largest absolute Gasteiger partial charge is 0.0998 e. The summed E-state index contributed by atoms with van der Waals surface area (Å²) in [5, 5.41) is 0. The molecule has 2 aliphatic rings. The van der Waals surface area contributed by atoms with Crippen LogP contribution in [0.4, 0.5) is 0 Å². The molecule has 0 amide bonds. The molecule has 2 rings (SSSR count). The highest BCUT2D eigenvalue weighted by Gasteiger charge is 2.48. The third-order valence-corrected chi connectivity index (χ3v) is 5.52. The smallest absolute Gasteiger partial charge is 0.0149 e. The summed E-state index contributed by atoms with van der Waals surface area (Å²) in [6, 6.07) is 0. The van der Waals surface area contributed by atoms with E-state index in [0.717, 1.165) is 17.8 Å². The maximum atomic E-state index is 4.25. The second-order valence-corrected chi connectivity index (χ2v) is 6.22. The molecule has 2 saturated carbocycles. The van der Waals surface area contributed by atoms with E-state index in [0.29, 0.717) is 5.41 Å². The fraction of sp³-hybridized carbons (Fsp3) is 0.867. The average molecular weight is 206 g/mol. The van der Waals surface area contributed by atoms with Gasteiger partial charge in [-0.1, -0.05) is 45.3 Å². The van der Waals surface area contributed by atoms with Crippen LogP contribution < -0.4 is 0 Å². The van der Waals surface area contributed by atoms with Crippen molar-refractivity contribution in [3.05, 3.63) is 12.2 Å². The fourth-order valence-corrected chi connectivity index (χ4v) is 4.43. The molecule has 0 aromatic heterocycles. The Morgan fingerprint density at radius 1 is 1.13 bits per heavy atom. The highest BCUT2D eigenvalue weighted by atomic mass is 14.5. The van der Waals surface area contributed by atoms with Crippen molar-refractivity contribution in [3.8, 4) is 0 Å². The van der Waals surface area contributed by atoms with Crippen LogP contribution >= 0.6 is 0 Å². The minimum Gasteiger partial charge on any atom is -0.0998 e. The molecule has 0 radical (unpaired) electrons. The zero-order valence-corrected chi connectivity index (χ0v) is 10.7. The van der Waals surface area contributed by atoms with Gasteiger partial charge in [-0.05, 0) is 49.4 Å². The number of fused-ring (bicyclic) bond motifs is 1. The number of allylic oxidation sites excluding steroid dienone is 1. The van der Waals surface area contributed by atoms with Gasteiger partial charge in [-0.2, -0.15) is 0 Å². The zero-order valence-electron chi connectivity index (χ0n) is 10.7. The Bertz CT molecular complexity index is 251. The number of rotatable bonds is 1. The summed E-state index contributed by atoms with van der Waals surface area (Å²) in [5.74, 6) is 2.68. The van der Waals surface area contributed by atoms with Gasteiger partial charge in [0.15, 0.2) is 0 Å². The topological polar surface area (TPSA) is 0 Å². The molecule has 0 aliphatic heterocycles. The number of hydrogen-bond acceptors (Lipinski definition) is 0. The van der Waals surface area contributed by atoms with Crippen LogP contribution in [0, 0.1) is 23.2 Å². The first-order valence-corrected chi connectivity index (χ1v) is 6.72. The molecule has 0 heteroatoms. The molecular formula is C15H26. The Balaban J connectivity index is 2.29. The van der Waals surface area contributed by atoms with Gasteiger partial charge in [-0.25, -0.2) is 0 Å². The van der Waals surface area contributed by atoms with Crippen LogP contribution in [0.25, 0.3) is 0 Å². The van der Waals surface area contributed by atoms with E-state index < -0.39 is 0 Å². The van der Waals surface area contributed by atoms with Crippen LogP contribution in [-0.4, -0.2) is 0 Å². The Hall–Kier alpha value is -0.260. The molecule has 0 saturated heterocycles. The highest BCUT2D eigenvalue weighted by Crippen LogP contribution is 2.57. The van der Waals surface area contributed by atoms with E-state index in [1.54, 1.807) is 0 Å². The van der Waals surface area contributed by atoms with E-state index >= 15 is 0 Å². The molecule has 0 bridgehead atoms. The first-order chi connectivity index (χ1) is 7.06. The van der Waals surface area contributed by atoms with Gasteiger partial charge in [0.1, 0.15) is 0 Å². The van der Waals surface area contributed by atoms with Crippen molar-refractivity contribution in [2.75, 3.05) is 0 Å². The highest BCUT2D eigenvalue weighted by molar-refractivity contribution is 5.10. The Morgan fingerprint density at radius 3 is 2.33 bits per heavy atom. The Morgan fingerprint density at radius 2 is 1.73 bits per heavy atom. The van der Waals surface area contributed by atoms with Gasteiger partial charge < -0.3 is 0 Å². The van der Waals surface area contributed by atoms with Crippen LogP contribution in [0.2, 0.25) is 0 Å². The van der Waals surface area contributed by atoms with E-state index in [4.69, 9.17) is 0 Å². The van der Waals surface area contributed by atoms with Crippen molar-refractivity contribution in [3.63, 3.8) is 0 Å². The maximum absolute atomic E-state index is 4.25. The third-order valence-electron chi connectivity index (χ3n) is 5.52. The lowest BCUT2D eigenvalue weighted by atomic mass is 9.50. The van der Waals surface area contributed by atoms with Crippen molar-refractivity contribution in [2.45, 2.75) is 59.3 Å². The lowest BCUT2D eigenvalue weighted by molar-refractivity contribution is -0.0289. The van der Waals surface area contributed by atoms with Crippen LogP contribution in [0.1, 0.15) is 59.3 Å². The second-order valence-electron chi connectivity index (χ2n) is 6.22. The first-order valence-electron chi connectivity index (χ1n) is 6.72. The first kappa shape index (κ1) is 11.2. The van der Waals surface area contributed by atoms with Crippen LogP contribution in [0.3, 0.4) is 0 Å². The van der Waals surface area contributed by atoms with Crippen LogP contribution in [-0.2, 0) is 0 Å². The minimum absolute atomic E-state index is 0.572. The molecule has 0 unspecified atom stereocenters. The summed E-state index contributed by atoms with van der Waals surface area (Å²) in [4.78, 5) is 0. The molecule has 0 heterocycles. The van der Waals surface area contributed by atoms with Crippen molar-refractivity contribution in [1.29, 1.82) is 0 Å². The molecule has 0 spiro atoms. The molecular weight excluding hydrogens is 180 g/mol. The molecule has 4 atom stereocenters. The summed E-state index contributed by atoms with van der Waals surface area (Å²) in [6.45, 7) is 11.5. The summed E-state index contributed by atoms with van der Waals surface area (Å²) in [5.41, 5.74) is 2.01. The van der Waals surface area contributed by atoms with Gasteiger partial charge in [-0.3, -0.25) is 0 Å². The third kappa shape index (κ3) is 1.66. The molecule has 0 aromatic carbocycles. The lowest BCUT2D eigenvalue weighted by Gasteiger charge is -2.54. The molecule has 2 fully saturated rings. The van der Waals surface area contributed by atoms with Gasteiger partial charge in [-0.15, -0.1) is 0 Å². The minimum atomic E-state index is 0.572. The molecule has 0 N–H and O–H groups in total. The Labute approximate surface area is 95.1 Å². The van der Waals surface area contributed by atoms with Gasteiger partial charge in [0.25, 0.3) is 0 Å². The normalized spacial score (nSPS) is 45.9. The van der Waals surface area contributed by atoms with Gasteiger partial charge in [0.05, 0.1) is 0 Å². The van der Waals surface area contributed by atoms with Crippen molar-refractivity contribution in [1.82, 2.24) is 0 Å². The summed E-state index contributed by atoms with van der Waals surface area (Å²) in [7, 11) is 0. The van der Waals surface area contributed by atoms with Crippen molar-refractivity contribution >= 4 is 0 Å². The molecule has 0 aromatic rings. The average Bonchev–Trinajstić information content (AvgIpc) is 2.18. The summed E-state index contributed by atoms with van der Waals surface area (Å²) in [6.07, 6.45) is 8.69. The van der Waals surface area contributed by atoms with E-state index in [1.807, 2.05) is 0 Å². The monoisotopic (exact) mass is 206 g/mol. The van der Waals surface area contributed by atoms with Gasteiger partial charge in [0, 0.05) is 0 Å². The zero-order chi connectivity index (χ0) is 11.1. The maximum Gasteiger partial charge on any atom is -0.0149 e. The van der Waals surface area contributed by atoms with Gasteiger partial charge >= 0.3 is 0 Å². The van der Waals surface area contributed by atoms with E-state index in [2.05, 4.69) is 27.4 Å². The summed E-state index contributed by atoms with van der Waals surface area (Å²) >= 11 is 0. The number of hydrogen-bond donors (Lipinski definition) is 0. The van der Waals surface area contributed by atoms with Crippen molar-refractivity contribution in [2.24, 2.45) is 23.2 Å². The van der Waals surface area contributed by atoms with Crippen LogP contribution in [0.15, 0.2) is 12.2 Å². The molecule has 2 aliphatic carbocycles. The quantitative estimate of drug-likeness (QED) is 0.540.